The average Bonchev–Trinajstić information content (AvgIpc) is 3.12. The molecular formula is C20H21ClN4O4S2. The van der Waals surface area contributed by atoms with Crippen LogP contribution in [-0.4, -0.2) is 42.0 Å². The quantitative estimate of drug-likeness (QED) is 0.371. The van der Waals surface area contributed by atoms with E-state index in [-0.39, 0.29) is 16.6 Å². The van der Waals surface area contributed by atoms with Crippen molar-refractivity contribution in [1.82, 2.24) is 19.5 Å². The van der Waals surface area contributed by atoms with Crippen molar-refractivity contribution >= 4 is 39.4 Å². The van der Waals surface area contributed by atoms with Crippen molar-refractivity contribution in [1.29, 1.82) is 0 Å². The molecule has 164 valence electrons. The fraction of sp³-hybridized carbons (Fsp3) is 0.250. The summed E-state index contributed by atoms with van der Waals surface area (Å²) in [5, 5.41) is 9.24. The van der Waals surface area contributed by atoms with Gasteiger partial charge in [0.2, 0.25) is 10.0 Å². The van der Waals surface area contributed by atoms with Crippen LogP contribution in [-0.2, 0) is 33.0 Å². The maximum absolute atomic E-state index is 13.0. The predicted octanol–water partition coefficient (Wildman–Crippen LogP) is 3.00. The van der Waals surface area contributed by atoms with Crippen LogP contribution in [0.25, 0.3) is 0 Å². The molecule has 0 aliphatic carbocycles. The second-order valence-corrected chi connectivity index (χ2v) is 9.68. The van der Waals surface area contributed by atoms with Crippen LogP contribution in [0.5, 0.6) is 0 Å². The van der Waals surface area contributed by atoms with Gasteiger partial charge in [-0.2, -0.15) is 0 Å². The van der Waals surface area contributed by atoms with Gasteiger partial charge < -0.3 is 9.30 Å². The Morgan fingerprint density at radius 2 is 1.84 bits per heavy atom. The number of esters is 1. The minimum absolute atomic E-state index is 0.0718. The molecule has 3 aromatic rings. The lowest BCUT2D eigenvalue weighted by atomic mass is 10.1. The van der Waals surface area contributed by atoms with Gasteiger partial charge in [-0.3, -0.25) is 4.79 Å². The summed E-state index contributed by atoms with van der Waals surface area (Å²) in [5.74, 6) is 0.107. The minimum atomic E-state index is -3.85. The van der Waals surface area contributed by atoms with E-state index in [0.29, 0.717) is 22.4 Å². The monoisotopic (exact) mass is 480 g/mol. The minimum Gasteiger partial charge on any atom is -0.468 e. The van der Waals surface area contributed by atoms with Crippen molar-refractivity contribution < 1.29 is 17.9 Å². The Morgan fingerprint density at radius 1 is 1.16 bits per heavy atom. The number of carbonyl (C=O) groups excluding carboxylic acids is 1. The van der Waals surface area contributed by atoms with Gasteiger partial charge in [-0.15, -0.1) is 10.2 Å². The SMILES string of the molecule is COC(=O)CSc1nnc([C@H](Cc2ccccc2)NS(=O)(=O)c2ccc(Cl)cc2)n1C. The summed E-state index contributed by atoms with van der Waals surface area (Å²) in [6.45, 7) is 0. The van der Waals surface area contributed by atoms with Crippen LogP contribution in [0.4, 0.5) is 0 Å². The van der Waals surface area contributed by atoms with Crippen LogP contribution >= 0.6 is 23.4 Å². The van der Waals surface area contributed by atoms with Crippen molar-refractivity contribution in [2.45, 2.75) is 22.5 Å². The predicted molar refractivity (Wildman–Crippen MR) is 118 cm³/mol. The second-order valence-electron chi connectivity index (χ2n) is 6.58. The molecule has 11 heteroatoms. The number of rotatable bonds is 9. The summed E-state index contributed by atoms with van der Waals surface area (Å²) in [5.41, 5.74) is 0.929. The number of sulfonamides is 1. The topological polar surface area (TPSA) is 103 Å². The van der Waals surface area contributed by atoms with Gasteiger partial charge in [-0.05, 0) is 36.2 Å². The van der Waals surface area contributed by atoms with E-state index in [0.717, 1.165) is 17.3 Å². The number of ether oxygens (including phenoxy) is 1. The third kappa shape index (κ3) is 6.07. The molecule has 8 nitrogen and oxygen atoms in total. The number of nitrogens with one attached hydrogen (secondary N) is 1. The van der Waals surface area contributed by atoms with Gasteiger partial charge in [-0.1, -0.05) is 53.7 Å². The van der Waals surface area contributed by atoms with E-state index in [1.54, 1.807) is 11.6 Å². The van der Waals surface area contributed by atoms with Crippen molar-refractivity contribution in [3.63, 3.8) is 0 Å². The number of hydrogen-bond acceptors (Lipinski definition) is 7. The maximum atomic E-state index is 13.0. The highest BCUT2D eigenvalue weighted by Crippen LogP contribution is 2.24. The molecule has 0 unspecified atom stereocenters. The second kappa shape index (κ2) is 10.3. The smallest absolute Gasteiger partial charge is 0.316 e. The average molecular weight is 481 g/mol. The zero-order valence-electron chi connectivity index (χ0n) is 16.9. The van der Waals surface area contributed by atoms with Gasteiger partial charge in [-0.25, -0.2) is 13.1 Å². The van der Waals surface area contributed by atoms with Crippen LogP contribution in [0.2, 0.25) is 5.02 Å². The van der Waals surface area contributed by atoms with E-state index < -0.39 is 16.1 Å². The number of methoxy groups -OCH3 is 1. The van der Waals surface area contributed by atoms with Crippen LogP contribution in [0.15, 0.2) is 64.6 Å². The first-order valence-corrected chi connectivity index (χ1v) is 12.1. The Hall–Kier alpha value is -2.40. The highest BCUT2D eigenvalue weighted by molar-refractivity contribution is 7.99. The molecule has 0 amide bonds. The first kappa shape index (κ1) is 23.3. The zero-order chi connectivity index (χ0) is 22.4. The lowest BCUT2D eigenvalue weighted by Crippen LogP contribution is -2.32. The van der Waals surface area contributed by atoms with E-state index in [1.807, 2.05) is 30.3 Å². The first-order valence-electron chi connectivity index (χ1n) is 9.21. The molecule has 2 aromatic carbocycles. The normalized spacial score (nSPS) is 12.5. The molecule has 1 aromatic heterocycles. The van der Waals surface area contributed by atoms with Gasteiger partial charge in [0.25, 0.3) is 0 Å². The number of benzene rings is 2. The molecule has 1 N–H and O–H groups in total. The molecule has 0 aliphatic rings. The van der Waals surface area contributed by atoms with Crippen molar-refractivity contribution in [3.05, 3.63) is 71.0 Å². The molecule has 0 bridgehead atoms. The van der Waals surface area contributed by atoms with Gasteiger partial charge in [0, 0.05) is 12.1 Å². The number of aromatic nitrogens is 3. The summed E-state index contributed by atoms with van der Waals surface area (Å²) >= 11 is 7.05. The van der Waals surface area contributed by atoms with Gasteiger partial charge >= 0.3 is 5.97 Å². The molecule has 0 saturated carbocycles. The number of halogens is 1. The van der Waals surface area contributed by atoms with E-state index in [4.69, 9.17) is 11.6 Å². The Bertz CT molecular complexity index is 1140. The summed E-state index contributed by atoms with van der Waals surface area (Å²) < 4.78 is 35.1. The van der Waals surface area contributed by atoms with Crippen LogP contribution in [0, 0.1) is 0 Å². The Labute approximate surface area is 190 Å². The standard InChI is InChI=1S/C20H21ClN4O4S2/c1-25-19(22-23-20(25)30-13-18(26)29-2)17(12-14-6-4-3-5-7-14)24-31(27,28)16-10-8-15(21)9-11-16/h3-11,17,24H,12-13H2,1-2H3/t17-/m0/s1. The molecule has 0 spiro atoms. The Kier molecular flexibility index (Phi) is 7.71. The summed E-state index contributed by atoms with van der Waals surface area (Å²) in [6, 6.07) is 14.7. The molecule has 1 heterocycles. The third-order valence-electron chi connectivity index (χ3n) is 4.43. The van der Waals surface area contributed by atoms with E-state index in [2.05, 4.69) is 19.7 Å². The third-order valence-corrected chi connectivity index (χ3v) is 7.16. The molecule has 1 atom stereocenters. The highest BCUT2D eigenvalue weighted by Gasteiger charge is 2.26. The zero-order valence-corrected chi connectivity index (χ0v) is 19.2. The number of nitrogens with zero attached hydrogens (tertiary/aromatic N) is 3. The van der Waals surface area contributed by atoms with E-state index in [1.165, 1.54) is 31.4 Å². The Morgan fingerprint density at radius 3 is 2.48 bits per heavy atom. The number of thioether (sulfide) groups is 1. The molecule has 3 rings (SSSR count). The highest BCUT2D eigenvalue weighted by atomic mass is 35.5. The van der Waals surface area contributed by atoms with Gasteiger partial charge in [0.15, 0.2) is 11.0 Å². The molecule has 0 saturated heterocycles. The van der Waals surface area contributed by atoms with Crippen LogP contribution in [0.3, 0.4) is 0 Å². The fourth-order valence-electron chi connectivity index (χ4n) is 2.84. The summed E-state index contributed by atoms with van der Waals surface area (Å²) in [6.07, 6.45) is 0.362. The molecule has 31 heavy (non-hydrogen) atoms. The Balaban J connectivity index is 1.91. The lowest BCUT2D eigenvalue weighted by Gasteiger charge is -2.18. The fourth-order valence-corrected chi connectivity index (χ4v) is 4.91. The molecule has 0 aliphatic heterocycles. The van der Waals surface area contributed by atoms with Crippen molar-refractivity contribution in [3.8, 4) is 0 Å². The molecule has 0 fully saturated rings. The van der Waals surface area contributed by atoms with Crippen LogP contribution < -0.4 is 4.72 Å². The van der Waals surface area contributed by atoms with E-state index in [9.17, 15) is 13.2 Å². The van der Waals surface area contributed by atoms with Crippen molar-refractivity contribution in [2.24, 2.45) is 7.05 Å². The van der Waals surface area contributed by atoms with Gasteiger partial charge in [0.05, 0.1) is 23.8 Å². The van der Waals surface area contributed by atoms with Crippen LogP contribution in [0.1, 0.15) is 17.4 Å². The maximum Gasteiger partial charge on any atom is 0.316 e. The lowest BCUT2D eigenvalue weighted by molar-refractivity contribution is -0.137. The summed E-state index contributed by atoms with van der Waals surface area (Å²) in [4.78, 5) is 11.5. The van der Waals surface area contributed by atoms with Crippen molar-refractivity contribution in [2.75, 3.05) is 12.9 Å². The number of carbonyl (C=O) groups is 1. The molecule has 0 radical (unpaired) electrons. The largest absolute Gasteiger partial charge is 0.468 e. The number of hydrogen-bond donors (Lipinski definition) is 1. The van der Waals surface area contributed by atoms with E-state index >= 15 is 0 Å². The first-order chi connectivity index (χ1) is 14.8. The van der Waals surface area contributed by atoms with Gasteiger partial charge in [0.1, 0.15) is 0 Å². The summed E-state index contributed by atoms with van der Waals surface area (Å²) in [7, 11) is -0.815. The molecular weight excluding hydrogens is 460 g/mol.